The van der Waals surface area contributed by atoms with Crippen LogP contribution in [0.5, 0.6) is 0 Å². The number of carbonyl (C=O) groups is 1. The molecular weight excluding hydrogens is 276 g/mol. The first kappa shape index (κ1) is 15.1. The van der Waals surface area contributed by atoms with Gasteiger partial charge in [-0.2, -0.15) is 4.73 Å². The predicted octanol–water partition coefficient (Wildman–Crippen LogP) is 1.30. The number of pyridine rings is 1. The molecule has 0 radical (unpaired) electrons. The van der Waals surface area contributed by atoms with Crippen LogP contribution in [0.25, 0.3) is 0 Å². The summed E-state index contributed by atoms with van der Waals surface area (Å²) in [5, 5.41) is 12.0. The van der Waals surface area contributed by atoms with E-state index in [4.69, 9.17) is 4.74 Å². The van der Waals surface area contributed by atoms with Crippen LogP contribution in [0.4, 0.5) is 0 Å². The Labute approximate surface area is 123 Å². The number of rotatable bonds is 4. The zero-order valence-electron chi connectivity index (χ0n) is 11.8. The SMILES string of the molecule is CC(C)C(Sc1cccc[n+]1[O-])C(=O)N1CCOCC1. The lowest BCUT2D eigenvalue weighted by Crippen LogP contribution is -2.46. The quantitative estimate of drug-likeness (QED) is 0.477. The van der Waals surface area contributed by atoms with Crippen LogP contribution in [0.1, 0.15) is 13.8 Å². The van der Waals surface area contributed by atoms with Crippen molar-refractivity contribution in [3.8, 4) is 0 Å². The molecule has 20 heavy (non-hydrogen) atoms. The van der Waals surface area contributed by atoms with E-state index in [0.29, 0.717) is 31.3 Å². The maximum Gasteiger partial charge on any atom is 0.252 e. The van der Waals surface area contributed by atoms with E-state index in [0.717, 1.165) is 4.73 Å². The second kappa shape index (κ2) is 6.95. The summed E-state index contributed by atoms with van der Waals surface area (Å²) >= 11 is 1.34. The molecule has 2 heterocycles. The highest BCUT2D eigenvalue weighted by molar-refractivity contribution is 8.00. The van der Waals surface area contributed by atoms with Crippen LogP contribution in [0.2, 0.25) is 0 Å². The van der Waals surface area contributed by atoms with Crippen LogP contribution in [-0.4, -0.2) is 42.4 Å². The van der Waals surface area contributed by atoms with Gasteiger partial charge < -0.3 is 14.8 Å². The van der Waals surface area contributed by atoms with Gasteiger partial charge in [-0.3, -0.25) is 4.79 Å². The van der Waals surface area contributed by atoms with Crippen molar-refractivity contribution in [2.75, 3.05) is 26.3 Å². The highest BCUT2D eigenvalue weighted by atomic mass is 32.2. The third kappa shape index (κ3) is 3.64. The maximum atomic E-state index is 12.6. The van der Waals surface area contributed by atoms with Gasteiger partial charge in [0.25, 0.3) is 5.03 Å². The van der Waals surface area contributed by atoms with Crippen molar-refractivity contribution >= 4 is 17.7 Å². The fourth-order valence-corrected chi connectivity index (χ4v) is 3.17. The molecule has 1 aliphatic rings. The average molecular weight is 296 g/mol. The monoisotopic (exact) mass is 296 g/mol. The zero-order valence-corrected chi connectivity index (χ0v) is 12.6. The molecule has 110 valence electrons. The highest BCUT2D eigenvalue weighted by Gasteiger charge is 2.31. The summed E-state index contributed by atoms with van der Waals surface area (Å²) in [5.74, 6) is 0.257. The Morgan fingerprint density at radius 3 is 2.70 bits per heavy atom. The van der Waals surface area contributed by atoms with Crippen molar-refractivity contribution in [3.63, 3.8) is 0 Å². The molecule has 1 atom stereocenters. The first-order chi connectivity index (χ1) is 9.59. The van der Waals surface area contributed by atoms with E-state index in [1.165, 1.54) is 18.0 Å². The molecule has 0 saturated carbocycles. The van der Waals surface area contributed by atoms with Gasteiger partial charge in [0.15, 0.2) is 6.20 Å². The number of aromatic nitrogens is 1. The summed E-state index contributed by atoms with van der Waals surface area (Å²) in [6, 6.07) is 5.25. The number of amides is 1. The third-order valence-electron chi connectivity index (χ3n) is 3.21. The lowest BCUT2D eigenvalue weighted by molar-refractivity contribution is -0.645. The topological polar surface area (TPSA) is 56.5 Å². The molecule has 5 nitrogen and oxygen atoms in total. The summed E-state index contributed by atoms with van der Waals surface area (Å²) in [6.45, 7) is 6.47. The van der Waals surface area contributed by atoms with Crippen molar-refractivity contribution < 1.29 is 14.3 Å². The first-order valence-electron chi connectivity index (χ1n) is 6.81. The zero-order chi connectivity index (χ0) is 14.5. The van der Waals surface area contributed by atoms with Gasteiger partial charge in [0.05, 0.1) is 18.5 Å². The molecule has 6 heteroatoms. The Balaban J connectivity index is 2.10. The minimum Gasteiger partial charge on any atom is -0.618 e. The van der Waals surface area contributed by atoms with E-state index in [-0.39, 0.29) is 17.1 Å². The molecule has 1 aromatic heterocycles. The lowest BCUT2D eigenvalue weighted by Gasteiger charge is -2.31. The van der Waals surface area contributed by atoms with Crippen molar-refractivity contribution in [3.05, 3.63) is 29.6 Å². The van der Waals surface area contributed by atoms with Crippen molar-refractivity contribution in [1.82, 2.24) is 4.90 Å². The predicted molar refractivity (Wildman–Crippen MR) is 77.3 cm³/mol. The van der Waals surface area contributed by atoms with E-state index >= 15 is 0 Å². The number of hydrogen-bond donors (Lipinski definition) is 0. The van der Waals surface area contributed by atoms with Gasteiger partial charge >= 0.3 is 0 Å². The molecule has 2 rings (SSSR count). The Morgan fingerprint density at radius 1 is 1.40 bits per heavy atom. The molecule has 0 aromatic carbocycles. The summed E-state index contributed by atoms with van der Waals surface area (Å²) in [7, 11) is 0. The van der Waals surface area contributed by atoms with Crippen LogP contribution in [0, 0.1) is 11.1 Å². The summed E-state index contributed by atoms with van der Waals surface area (Å²) in [4.78, 5) is 14.4. The van der Waals surface area contributed by atoms with Gasteiger partial charge in [-0.15, -0.1) is 0 Å². The standard InChI is InChI=1S/C14H20N2O3S/c1-11(2)13(14(17)15-7-9-19-10-8-15)20-12-5-3-4-6-16(12)18/h3-6,11,13H,7-10H2,1-2H3. The van der Waals surface area contributed by atoms with Gasteiger partial charge in [-0.25, -0.2) is 0 Å². The molecule has 1 aliphatic heterocycles. The molecular formula is C14H20N2O3S. The summed E-state index contributed by atoms with van der Waals surface area (Å²) < 4.78 is 6.08. The van der Waals surface area contributed by atoms with E-state index in [1.54, 1.807) is 12.1 Å². The van der Waals surface area contributed by atoms with Crippen LogP contribution in [0.15, 0.2) is 29.4 Å². The Hall–Kier alpha value is -1.27. The number of thioether (sulfide) groups is 1. The molecule has 1 saturated heterocycles. The van der Waals surface area contributed by atoms with Gasteiger partial charge in [-0.1, -0.05) is 13.8 Å². The molecule has 0 spiro atoms. The number of nitrogens with zero attached hydrogens (tertiary/aromatic N) is 2. The van der Waals surface area contributed by atoms with E-state index < -0.39 is 0 Å². The largest absolute Gasteiger partial charge is 0.618 e. The molecule has 1 aromatic rings. The maximum absolute atomic E-state index is 12.6. The van der Waals surface area contributed by atoms with Crippen LogP contribution in [-0.2, 0) is 9.53 Å². The van der Waals surface area contributed by atoms with Crippen molar-refractivity contribution in [2.24, 2.45) is 5.92 Å². The number of hydrogen-bond acceptors (Lipinski definition) is 4. The van der Waals surface area contributed by atoms with Crippen molar-refractivity contribution in [2.45, 2.75) is 24.1 Å². The Morgan fingerprint density at radius 2 is 2.10 bits per heavy atom. The van der Waals surface area contributed by atoms with Crippen molar-refractivity contribution in [1.29, 1.82) is 0 Å². The minimum atomic E-state index is -0.240. The molecule has 0 aliphatic carbocycles. The van der Waals surface area contributed by atoms with Crippen LogP contribution in [0.3, 0.4) is 0 Å². The second-order valence-corrected chi connectivity index (χ2v) is 6.25. The normalized spacial score (nSPS) is 17.2. The minimum absolute atomic E-state index is 0.0946. The lowest BCUT2D eigenvalue weighted by atomic mass is 10.1. The second-order valence-electron chi connectivity index (χ2n) is 5.08. The van der Waals surface area contributed by atoms with Gasteiger partial charge in [-0.05, 0) is 23.7 Å². The molecule has 0 bridgehead atoms. The van der Waals surface area contributed by atoms with Crippen LogP contribution < -0.4 is 4.73 Å². The first-order valence-corrected chi connectivity index (χ1v) is 7.69. The smallest absolute Gasteiger partial charge is 0.252 e. The Bertz CT molecular complexity index is 461. The number of ether oxygens (including phenoxy) is 1. The van der Waals surface area contributed by atoms with E-state index in [9.17, 15) is 10.0 Å². The number of morpholine rings is 1. The van der Waals surface area contributed by atoms with E-state index in [1.807, 2.05) is 24.8 Å². The fraction of sp³-hybridized carbons (Fsp3) is 0.571. The van der Waals surface area contributed by atoms with Crippen LogP contribution >= 0.6 is 11.8 Å². The molecule has 1 unspecified atom stereocenters. The van der Waals surface area contributed by atoms with E-state index in [2.05, 4.69) is 0 Å². The third-order valence-corrected chi connectivity index (χ3v) is 4.77. The van der Waals surface area contributed by atoms with Gasteiger partial charge in [0, 0.05) is 25.2 Å². The van der Waals surface area contributed by atoms with Gasteiger partial charge in [0.1, 0.15) is 0 Å². The van der Waals surface area contributed by atoms with Gasteiger partial charge in [0.2, 0.25) is 5.91 Å². The average Bonchev–Trinajstić information content (AvgIpc) is 2.46. The number of carbonyl (C=O) groups excluding carboxylic acids is 1. The molecule has 1 amide bonds. The highest BCUT2D eigenvalue weighted by Crippen LogP contribution is 2.27. The molecule has 1 fully saturated rings. The Kier molecular flexibility index (Phi) is 5.25. The molecule has 0 N–H and O–H groups in total. The summed E-state index contributed by atoms with van der Waals surface area (Å²) in [5.41, 5.74) is 0. The summed E-state index contributed by atoms with van der Waals surface area (Å²) in [6.07, 6.45) is 1.46. The fourth-order valence-electron chi connectivity index (χ4n) is 2.07.